The minimum absolute atomic E-state index is 0.565. The first-order chi connectivity index (χ1) is 9.28. The lowest BCUT2D eigenvalue weighted by Crippen LogP contribution is -2.10. The third kappa shape index (κ3) is 2.37. The minimum atomic E-state index is 0.565. The maximum atomic E-state index is 6.07. The van der Waals surface area contributed by atoms with Gasteiger partial charge in [0.15, 0.2) is 0 Å². The summed E-state index contributed by atoms with van der Waals surface area (Å²) in [7, 11) is 0. The van der Waals surface area contributed by atoms with E-state index in [0.29, 0.717) is 18.1 Å². The molecule has 3 aromatic rings. The summed E-state index contributed by atoms with van der Waals surface area (Å²) >= 11 is 6.07. The average Bonchev–Trinajstić information content (AvgIpc) is 3.00. The van der Waals surface area contributed by atoms with Gasteiger partial charge in [0, 0.05) is 11.4 Å². The molecule has 1 aromatic carbocycles. The van der Waals surface area contributed by atoms with Crippen LogP contribution in [0.5, 0.6) is 0 Å². The number of aromatic nitrogens is 2. The zero-order chi connectivity index (χ0) is 13.2. The van der Waals surface area contributed by atoms with Crippen LogP contribution in [0, 0.1) is 0 Å². The van der Waals surface area contributed by atoms with Crippen molar-refractivity contribution in [3.8, 4) is 0 Å². The van der Waals surface area contributed by atoms with Crippen LogP contribution in [0.25, 0.3) is 11.0 Å². The maximum Gasteiger partial charge on any atom is 0.123 e. The molecule has 0 bridgehead atoms. The Morgan fingerprint density at radius 2 is 2.21 bits per heavy atom. The first kappa shape index (κ1) is 12.3. The van der Waals surface area contributed by atoms with E-state index in [4.69, 9.17) is 21.8 Å². The van der Waals surface area contributed by atoms with Gasteiger partial charge in [0.2, 0.25) is 0 Å². The van der Waals surface area contributed by atoms with Gasteiger partial charge in [-0.05, 0) is 36.9 Å². The first-order valence-corrected chi connectivity index (χ1v) is 6.53. The van der Waals surface area contributed by atoms with Gasteiger partial charge in [-0.3, -0.25) is 0 Å². The number of fused-ring (bicyclic) bond motifs is 1. The van der Waals surface area contributed by atoms with Crippen LogP contribution in [0.3, 0.4) is 0 Å². The first-order valence-electron chi connectivity index (χ1n) is 6.15. The van der Waals surface area contributed by atoms with Crippen molar-refractivity contribution < 1.29 is 4.42 Å². The Labute approximate surface area is 115 Å². The van der Waals surface area contributed by atoms with E-state index in [1.165, 1.54) is 0 Å². The van der Waals surface area contributed by atoms with Gasteiger partial charge in [-0.2, -0.15) is 0 Å². The number of hydrogen-bond acceptors (Lipinski definition) is 3. The molecule has 2 aromatic heterocycles. The van der Waals surface area contributed by atoms with Gasteiger partial charge in [0.25, 0.3) is 0 Å². The molecule has 4 nitrogen and oxygen atoms in total. The molecule has 0 radical (unpaired) electrons. The third-order valence-electron chi connectivity index (χ3n) is 3.05. The summed E-state index contributed by atoms with van der Waals surface area (Å²) in [5.74, 6) is 1.84. The van der Waals surface area contributed by atoms with Crippen molar-refractivity contribution in [2.45, 2.75) is 13.0 Å². The Balaban J connectivity index is 2.12. The van der Waals surface area contributed by atoms with Crippen LogP contribution < -0.4 is 5.73 Å². The highest BCUT2D eigenvalue weighted by Gasteiger charge is 2.12. The van der Waals surface area contributed by atoms with Gasteiger partial charge in [0.05, 0.1) is 23.8 Å². The number of halogens is 1. The predicted molar refractivity (Wildman–Crippen MR) is 75.3 cm³/mol. The summed E-state index contributed by atoms with van der Waals surface area (Å²) in [6.45, 7) is 1.20. The molecule has 98 valence electrons. The molecule has 0 fully saturated rings. The fourth-order valence-corrected chi connectivity index (χ4v) is 2.37. The number of imidazole rings is 1. The standard InChI is InChI=1S/C14H14ClN3O/c15-10-3-4-12-13(8-10)18(14(17-12)5-6-16)9-11-2-1-7-19-11/h1-4,7-8H,5-6,9,16H2. The molecule has 0 atom stereocenters. The number of benzene rings is 1. The number of furan rings is 1. The van der Waals surface area contributed by atoms with Crippen molar-refractivity contribution in [2.75, 3.05) is 6.54 Å². The number of rotatable bonds is 4. The molecule has 2 heterocycles. The van der Waals surface area contributed by atoms with Crippen LogP contribution in [0.1, 0.15) is 11.6 Å². The molecule has 0 aliphatic rings. The summed E-state index contributed by atoms with van der Waals surface area (Å²) in [5.41, 5.74) is 7.59. The maximum absolute atomic E-state index is 6.07. The quantitative estimate of drug-likeness (QED) is 0.796. The average molecular weight is 276 g/mol. The van der Waals surface area contributed by atoms with Crippen molar-refractivity contribution in [2.24, 2.45) is 5.73 Å². The van der Waals surface area contributed by atoms with E-state index in [-0.39, 0.29) is 0 Å². The summed E-state index contributed by atoms with van der Waals surface area (Å²) < 4.78 is 7.51. The van der Waals surface area contributed by atoms with Crippen LogP contribution in [0.2, 0.25) is 5.02 Å². The van der Waals surface area contributed by atoms with Crippen LogP contribution in [-0.2, 0) is 13.0 Å². The molecule has 2 N–H and O–H groups in total. The van der Waals surface area contributed by atoms with E-state index < -0.39 is 0 Å². The monoisotopic (exact) mass is 275 g/mol. The Bertz CT molecular complexity index is 688. The topological polar surface area (TPSA) is 57.0 Å². The second kappa shape index (κ2) is 5.07. The normalized spacial score (nSPS) is 11.3. The van der Waals surface area contributed by atoms with Crippen LogP contribution in [0.15, 0.2) is 41.0 Å². The van der Waals surface area contributed by atoms with Gasteiger partial charge in [0.1, 0.15) is 11.6 Å². The highest BCUT2D eigenvalue weighted by atomic mass is 35.5. The molecule has 0 spiro atoms. The molecular weight excluding hydrogens is 262 g/mol. The Kier molecular flexibility index (Phi) is 3.27. The molecule has 0 saturated heterocycles. The minimum Gasteiger partial charge on any atom is -0.467 e. The second-order valence-electron chi connectivity index (χ2n) is 4.37. The van der Waals surface area contributed by atoms with Crippen molar-refractivity contribution >= 4 is 22.6 Å². The molecule has 3 rings (SSSR count). The Morgan fingerprint density at radius 1 is 1.32 bits per heavy atom. The zero-order valence-corrected chi connectivity index (χ0v) is 11.1. The number of nitrogens with zero attached hydrogens (tertiary/aromatic N) is 2. The fraction of sp³-hybridized carbons (Fsp3) is 0.214. The lowest BCUT2D eigenvalue weighted by atomic mass is 10.3. The summed E-state index contributed by atoms with van der Waals surface area (Å²) in [6, 6.07) is 9.52. The van der Waals surface area contributed by atoms with Gasteiger partial charge < -0.3 is 14.7 Å². The van der Waals surface area contributed by atoms with Gasteiger partial charge in [-0.1, -0.05) is 11.6 Å². The number of nitrogens with two attached hydrogens (primary N) is 1. The van der Waals surface area contributed by atoms with Gasteiger partial charge in [-0.15, -0.1) is 0 Å². The van der Waals surface area contributed by atoms with Crippen molar-refractivity contribution in [1.29, 1.82) is 0 Å². The van der Waals surface area contributed by atoms with E-state index in [0.717, 1.165) is 29.0 Å². The molecule has 0 amide bonds. The Hall–Kier alpha value is -1.78. The molecule has 0 saturated carbocycles. The van der Waals surface area contributed by atoms with E-state index in [2.05, 4.69) is 9.55 Å². The Morgan fingerprint density at radius 3 is 2.95 bits per heavy atom. The second-order valence-corrected chi connectivity index (χ2v) is 4.80. The third-order valence-corrected chi connectivity index (χ3v) is 3.29. The molecule has 0 aliphatic carbocycles. The molecular formula is C14H14ClN3O. The highest BCUT2D eigenvalue weighted by Crippen LogP contribution is 2.22. The predicted octanol–water partition coefficient (Wildman–Crippen LogP) is 2.83. The van der Waals surface area contributed by atoms with Crippen LogP contribution in [-0.4, -0.2) is 16.1 Å². The van der Waals surface area contributed by atoms with E-state index in [9.17, 15) is 0 Å². The van der Waals surface area contributed by atoms with Gasteiger partial charge in [-0.25, -0.2) is 4.98 Å². The summed E-state index contributed by atoms with van der Waals surface area (Å²) in [6.07, 6.45) is 2.40. The van der Waals surface area contributed by atoms with Crippen LogP contribution in [0.4, 0.5) is 0 Å². The molecule has 0 unspecified atom stereocenters. The van der Waals surface area contributed by atoms with E-state index in [1.54, 1.807) is 6.26 Å². The van der Waals surface area contributed by atoms with E-state index in [1.807, 2.05) is 30.3 Å². The zero-order valence-electron chi connectivity index (χ0n) is 10.3. The molecule has 19 heavy (non-hydrogen) atoms. The van der Waals surface area contributed by atoms with Crippen molar-refractivity contribution in [1.82, 2.24) is 9.55 Å². The lowest BCUT2D eigenvalue weighted by molar-refractivity contribution is 0.492. The lowest BCUT2D eigenvalue weighted by Gasteiger charge is -2.06. The number of hydrogen-bond donors (Lipinski definition) is 1. The van der Waals surface area contributed by atoms with Crippen molar-refractivity contribution in [3.05, 3.63) is 53.2 Å². The highest BCUT2D eigenvalue weighted by molar-refractivity contribution is 6.31. The van der Waals surface area contributed by atoms with Crippen molar-refractivity contribution in [3.63, 3.8) is 0 Å². The summed E-state index contributed by atoms with van der Waals surface area (Å²) in [5, 5.41) is 0.701. The van der Waals surface area contributed by atoms with Gasteiger partial charge >= 0.3 is 0 Å². The fourth-order valence-electron chi connectivity index (χ4n) is 2.20. The molecule has 0 aliphatic heterocycles. The summed E-state index contributed by atoms with van der Waals surface area (Å²) in [4.78, 5) is 4.61. The SMILES string of the molecule is NCCc1nc2ccc(Cl)cc2n1Cc1ccco1. The van der Waals surface area contributed by atoms with Crippen LogP contribution >= 0.6 is 11.6 Å². The largest absolute Gasteiger partial charge is 0.467 e. The smallest absolute Gasteiger partial charge is 0.123 e. The molecule has 5 heteroatoms. The van der Waals surface area contributed by atoms with E-state index >= 15 is 0 Å².